The Kier molecular flexibility index (Phi) is 3.81. The van der Waals surface area contributed by atoms with Gasteiger partial charge in [-0.15, -0.1) is 0 Å². The van der Waals surface area contributed by atoms with Crippen LogP contribution in [0.1, 0.15) is 38.0 Å². The predicted octanol–water partition coefficient (Wildman–Crippen LogP) is 3.00. The molecule has 0 radical (unpaired) electrons. The van der Waals surface area contributed by atoms with Gasteiger partial charge in [0.15, 0.2) is 6.61 Å². The molecule has 2 aromatic rings. The molecule has 6 nitrogen and oxygen atoms in total. The van der Waals surface area contributed by atoms with Crippen molar-refractivity contribution in [2.45, 2.75) is 38.7 Å². The summed E-state index contributed by atoms with van der Waals surface area (Å²) in [6, 6.07) is 3.66. The number of aromatic nitrogens is 3. The largest absolute Gasteiger partial charge is 0.456 e. The quantitative estimate of drug-likeness (QED) is 0.790. The highest BCUT2D eigenvalue weighted by molar-refractivity contribution is 5.69. The molecule has 2 aromatic heterocycles. The Hall–Kier alpha value is -2.24. The van der Waals surface area contributed by atoms with Gasteiger partial charge in [0.25, 0.3) is 5.89 Å². The van der Waals surface area contributed by atoms with Crippen LogP contribution in [0, 0.1) is 17.8 Å². The fourth-order valence-electron chi connectivity index (χ4n) is 3.97. The molecule has 120 valence electrons. The van der Waals surface area contributed by atoms with E-state index in [4.69, 9.17) is 9.26 Å². The molecule has 2 bridgehead atoms. The van der Waals surface area contributed by atoms with Gasteiger partial charge in [-0.1, -0.05) is 11.6 Å². The van der Waals surface area contributed by atoms with E-state index < -0.39 is 0 Å². The summed E-state index contributed by atoms with van der Waals surface area (Å²) >= 11 is 0. The van der Waals surface area contributed by atoms with E-state index in [1.54, 1.807) is 18.5 Å². The molecule has 2 fully saturated rings. The SMILES string of the molecule is O=C(CC1CC2CCC1C2)OCc1nc(-c2cccnc2)no1. The maximum Gasteiger partial charge on any atom is 0.306 e. The second-order valence-electron chi connectivity index (χ2n) is 6.55. The van der Waals surface area contributed by atoms with Gasteiger partial charge in [-0.25, -0.2) is 0 Å². The third kappa shape index (κ3) is 3.11. The highest BCUT2D eigenvalue weighted by Gasteiger charge is 2.40. The third-order valence-corrected chi connectivity index (χ3v) is 5.06. The topological polar surface area (TPSA) is 78.1 Å². The summed E-state index contributed by atoms with van der Waals surface area (Å²) in [6.45, 7) is 0.0346. The summed E-state index contributed by atoms with van der Waals surface area (Å²) < 4.78 is 10.4. The molecule has 6 heteroatoms. The van der Waals surface area contributed by atoms with Gasteiger partial charge in [0.05, 0.1) is 0 Å². The van der Waals surface area contributed by atoms with Crippen molar-refractivity contribution in [2.75, 3.05) is 0 Å². The van der Waals surface area contributed by atoms with Crippen LogP contribution in [-0.2, 0) is 16.1 Å². The predicted molar refractivity (Wildman–Crippen MR) is 80.9 cm³/mol. The van der Waals surface area contributed by atoms with Crippen LogP contribution in [-0.4, -0.2) is 21.1 Å². The molecule has 0 spiro atoms. The summed E-state index contributed by atoms with van der Waals surface area (Å²) in [5, 5.41) is 3.88. The Balaban J connectivity index is 1.29. The van der Waals surface area contributed by atoms with E-state index in [1.807, 2.05) is 6.07 Å². The average Bonchev–Trinajstić information content (AvgIpc) is 3.30. The molecule has 0 aliphatic heterocycles. The first-order valence-electron chi connectivity index (χ1n) is 8.16. The first-order chi connectivity index (χ1) is 11.3. The number of rotatable bonds is 5. The van der Waals surface area contributed by atoms with Crippen molar-refractivity contribution in [1.29, 1.82) is 0 Å². The van der Waals surface area contributed by atoms with Crippen LogP contribution in [0.4, 0.5) is 0 Å². The van der Waals surface area contributed by atoms with Crippen LogP contribution >= 0.6 is 0 Å². The molecule has 2 heterocycles. The smallest absolute Gasteiger partial charge is 0.306 e. The van der Waals surface area contributed by atoms with E-state index in [0.717, 1.165) is 17.4 Å². The van der Waals surface area contributed by atoms with Crippen molar-refractivity contribution in [2.24, 2.45) is 17.8 Å². The highest BCUT2D eigenvalue weighted by atomic mass is 16.6. The van der Waals surface area contributed by atoms with Crippen molar-refractivity contribution in [3.05, 3.63) is 30.4 Å². The normalized spacial score (nSPS) is 25.7. The number of carbonyl (C=O) groups is 1. The van der Waals surface area contributed by atoms with Crippen molar-refractivity contribution >= 4 is 5.97 Å². The molecule has 2 aliphatic carbocycles. The number of esters is 1. The zero-order valence-corrected chi connectivity index (χ0v) is 12.9. The van der Waals surface area contributed by atoms with Crippen LogP contribution < -0.4 is 0 Å². The van der Waals surface area contributed by atoms with E-state index in [2.05, 4.69) is 15.1 Å². The molecule has 23 heavy (non-hydrogen) atoms. The van der Waals surface area contributed by atoms with Gasteiger partial charge in [0.1, 0.15) is 0 Å². The van der Waals surface area contributed by atoms with Crippen LogP contribution in [0.2, 0.25) is 0 Å². The van der Waals surface area contributed by atoms with Crippen LogP contribution in [0.3, 0.4) is 0 Å². The molecular weight excluding hydrogens is 294 g/mol. The van der Waals surface area contributed by atoms with E-state index in [0.29, 0.717) is 24.1 Å². The number of carbonyl (C=O) groups excluding carboxylic acids is 1. The maximum absolute atomic E-state index is 12.0. The van der Waals surface area contributed by atoms with Gasteiger partial charge >= 0.3 is 5.97 Å². The number of hydrogen-bond donors (Lipinski definition) is 0. The van der Waals surface area contributed by atoms with Crippen molar-refractivity contribution in [3.8, 4) is 11.4 Å². The summed E-state index contributed by atoms with van der Waals surface area (Å²) in [4.78, 5) is 20.2. The number of fused-ring (bicyclic) bond motifs is 2. The summed E-state index contributed by atoms with van der Waals surface area (Å²) in [6.07, 6.45) is 8.97. The minimum Gasteiger partial charge on any atom is -0.456 e. The van der Waals surface area contributed by atoms with Crippen LogP contribution in [0.15, 0.2) is 29.0 Å². The van der Waals surface area contributed by atoms with Crippen molar-refractivity contribution < 1.29 is 14.1 Å². The molecule has 0 saturated heterocycles. The monoisotopic (exact) mass is 313 g/mol. The number of nitrogens with zero attached hydrogens (tertiary/aromatic N) is 3. The van der Waals surface area contributed by atoms with Gasteiger partial charge in [-0.05, 0) is 49.1 Å². The number of pyridine rings is 1. The molecular formula is C17H19N3O3. The molecule has 2 aliphatic rings. The van der Waals surface area contributed by atoms with Crippen molar-refractivity contribution in [1.82, 2.24) is 15.1 Å². The minimum atomic E-state index is -0.163. The maximum atomic E-state index is 12.0. The van der Waals surface area contributed by atoms with E-state index >= 15 is 0 Å². The fraction of sp³-hybridized carbons (Fsp3) is 0.529. The minimum absolute atomic E-state index is 0.0346. The second kappa shape index (κ2) is 6.10. The summed E-state index contributed by atoms with van der Waals surface area (Å²) in [7, 11) is 0. The first-order valence-corrected chi connectivity index (χ1v) is 8.16. The summed E-state index contributed by atoms with van der Waals surface area (Å²) in [5.74, 6) is 2.69. The lowest BCUT2D eigenvalue weighted by Gasteiger charge is -2.20. The Labute approximate surface area is 134 Å². The first kappa shape index (κ1) is 14.4. The van der Waals surface area contributed by atoms with Gasteiger partial charge in [0.2, 0.25) is 5.82 Å². The number of hydrogen-bond acceptors (Lipinski definition) is 6. The number of ether oxygens (including phenoxy) is 1. The van der Waals surface area contributed by atoms with Crippen LogP contribution in [0.5, 0.6) is 0 Å². The third-order valence-electron chi connectivity index (χ3n) is 5.06. The van der Waals surface area contributed by atoms with E-state index in [1.165, 1.54) is 25.7 Å². The molecule has 2 saturated carbocycles. The zero-order valence-electron chi connectivity index (χ0n) is 12.9. The Bertz CT molecular complexity index is 685. The van der Waals surface area contributed by atoms with E-state index in [9.17, 15) is 4.79 Å². The fourth-order valence-corrected chi connectivity index (χ4v) is 3.97. The lowest BCUT2D eigenvalue weighted by molar-refractivity contribution is -0.147. The van der Waals surface area contributed by atoms with Gasteiger partial charge in [0, 0.05) is 24.4 Å². The van der Waals surface area contributed by atoms with E-state index in [-0.39, 0.29) is 12.6 Å². The molecule has 3 unspecified atom stereocenters. The zero-order chi connectivity index (χ0) is 15.6. The summed E-state index contributed by atoms with van der Waals surface area (Å²) in [5.41, 5.74) is 0.774. The lowest BCUT2D eigenvalue weighted by atomic mass is 9.86. The Morgan fingerprint density at radius 2 is 2.30 bits per heavy atom. The molecule has 0 N–H and O–H groups in total. The van der Waals surface area contributed by atoms with Gasteiger partial charge in [-0.3, -0.25) is 9.78 Å². The highest BCUT2D eigenvalue weighted by Crippen LogP contribution is 2.49. The molecule has 0 amide bonds. The molecule has 4 rings (SSSR count). The standard InChI is InChI=1S/C17H19N3O3/c21-16(8-14-7-11-3-4-12(14)6-11)22-10-15-19-17(20-23-15)13-2-1-5-18-9-13/h1-2,5,9,11-12,14H,3-4,6-8,10H2. The van der Waals surface area contributed by atoms with Gasteiger partial charge in [-0.2, -0.15) is 4.98 Å². The van der Waals surface area contributed by atoms with Gasteiger partial charge < -0.3 is 9.26 Å². The average molecular weight is 313 g/mol. The second-order valence-corrected chi connectivity index (χ2v) is 6.55. The van der Waals surface area contributed by atoms with Crippen molar-refractivity contribution in [3.63, 3.8) is 0 Å². The molecule has 3 atom stereocenters. The molecule has 0 aromatic carbocycles. The van der Waals surface area contributed by atoms with Crippen LogP contribution in [0.25, 0.3) is 11.4 Å². The Morgan fingerprint density at radius 3 is 3.04 bits per heavy atom. The lowest BCUT2D eigenvalue weighted by Crippen LogP contribution is -2.17. The Morgan fingerprint density at radius 1 is 1.35 bits per heavy atom.